The predicted octanol–water partition coefficient (Wildman–Crippen LogP) is 3.83. The van der Waals surface area contributed by atoms with Gasteiger partial charge in [0, 0.05) is 19.3 Å². The summed E-state index contributed by atoms with van der Waals surface area (Å²) in [5.74, 6) is 0.410. The van der Waals surface area contributed by atoms with Gasteiger partial charge < -0.3 is 9.64 Å². The maximum absolute atomic E-state index is 12.1. The van der Waals surface area contributed by atoms with E-state index in [1.807, 2.05) is 27.0 Å². The molecule has 0 spiro atoms. The van der Waals surface area contributed by atoms with Crippen molar-refractivity contribution in [3.05, 3.63) is 22.4 Å². The summed E-state index contributed by atoms with van der Waals surface area (Å²) in [5.41, 5.74) is 1.46. The van der Waals surface area contributed by atoms with Crippen LogP contribution in [0.2, 0.25) is 0 Å². The third-order valence-corrected chi connectivity index (χ3v) is 4.61. The van der Waals surface area contributed by atoms with Crippen LogP contribution in [0.1, 0.15) is 45.1 Å². The molecule has 0 aromatic carbocycles. The molecule has 0 radical (unpaired) electrons. The van der Waals surface area contributed by atoms with Gasteiger partial charge in [0.1, 0.15) is 10.2 Å². The minimum atomic E-state index is -0.448. The van der Waals surface area contributed by atoms with Crippen LogP contribution in [0.25, 0.3) is 11.0 Å². The van der Waals surface area contributed by atoms with Gasteiger partial charge in [0.15, 0.2) is 5.65 Å². The van der Waals surface area contributed by atoms with Gasteiger partial charge in [-0.3, -0.25) is 5.10 Å². The van der Waals surface area contributed by atoms with Gasteiger partial charge in [-0.25, -0.2) is 9.78 Å². The first-order valence-corrected chi connectivity index (χ1v) is 8.60. The van der Waals surface area contributed by atoms with Crippen LogP contribution in [-0.2, 0) is 4.74 Å². The SMILES string of the molecule is CC(C)(C)OC(=O)N1CCC(c2cnc3n[nH]c(Br)c3c2)CC1. The quantitative estimate of drug-likeness (QED) is 0.815. The van der Waals surface area contributed by atoms with E-state index in [1.54, 1.807) is 4.90 Å². The van der Waals surface area contributed by atoms with Gasteiger partial charge in [-0.1, -0.05) is 0 Å². The molecule has 1 saturated heterocycles. The molecule has 0 atom stereocenters. The largest absolute Gasteiger partial charge is 0.444 e. The van der Waals surface area contributed by atoms with E-state index >= 15 is 0 Å². The first kappa shape index (κ1) is 16.2. The minimum absolute atomic E-state index is 0.220. The molecule has 0 saturated carbocycles. The number of aromatic amines is 1. The highest BCUT2D eigenvalue weighted by atomic mass is 79.9. The zero-order valence-electron chi connectivity index (χ0n) is 13.6. The number of carbonyl (C=O) groups is 1. The van der Waals surface area contributed by atoms with Gasteiger partial charge >= 0.3 is 6.09 Å². The van der Waals surface area contributed by atoms with Crippen molar-refractivity contribution < 1.29 is 9.53 Å². The summed E-state index contributed by atoms with van der Waals surface area (Å²) in [6.45, 7) is 7.10. The molecular formula is C16H21BrN4O2. The molecule has 1 aliphatic heterocycles. The van der Waals surface area contributed by atoms with Gasteiger partial charge in [-0.2, -0.15) is 5.10 Å². The zero-order chi connectivity index (χ0) is 16.6. The average Bonchev–Trinajstić information content (AvgIpc) is 2.87. The van der Waals surface area contributed by atoms with Crippen LogP contribution < -0.4 is 0 Å². The molecule has 1 N–H and O–H groups in total. The molecule has 0 unspecified atom stereocenters. The molecule has 0 bridgehead atoms. The summed E-state index contributed by atoms with van der Waals surface area (Å²) in [7, 11) is 0. The monoisotopic (exact) mass is 380 g/mol. The van der Waals surface area contributed by atoms with E-state index in [2.05, 4.69) is 37.2 Å². The Hall–Kier alpha value is -1.63. The summed E-state index contributed by atoms with van der Waals surface area (Å²) < 4.78 is 6.29. The fourth-order valence-corrected chi connectivity index (χ4v) is 3.21. The number of carbonyl (C=O) groups excluding carboxylic acids is 1. The Morgan fingerprint density at radius 3 is 2.74 bits per heavy atom. The second-order valence-electron chi connectivity index (χ2n) is 6.92. The van der Waals surface area contributed by atoms with E-state index in [1.165, 1.54) is 5.56 Å². The van der Waals surface area contributed by atoms with E-state index in [-0.39, 0.29) is 6.09 Å². The first-order valence-electron chi connectivity index (χ1n) is 7.81. The summed E-state index contributed by atoms with van der Waals surface area (Å²) in [6, 6.07) is 2.13. The van der Waals surface area contributed by atoms with Crippen LogP contribution in [-0.4, -0.2) is 44.9 Å². The van der Waals surface area contributed by atoms with Crippen LogP contribution in [0, 0.1) is 0 Å². The fourth-order valence-electron chi connectivity index (χ4n) is 2.83. The Morgan fingerprint density at radius 2 is 2.09 bits per heavy atom. The van der Waals surface area contributed by atoms with Crippen LogP contribution in [0.5, 0.6) is 0 Å². The Bertz CT molecular complexity index is 714. The van der Waals surface area contributed by atoms with Gasteiger partial charge in [0.2, 0.25) is 0 Å². The van der Waals surface area contributed by atoms with Crippen molar-refractivity contribution in [2.24, 2.45) is 0 Å². The molecule has 1 fully saturated rings. The topological polar surface area (TPSA) is 71.1 Å². The van der Waals surface area contributed by atoms with Crippen molar-refractivity contribution in [2.45, 2.75) is 45.1 Å². The molecule has 3 heterocycles. The van der Waals surface area contributed by atoms with E-state index < -0.39 is 5.60 Å². The van der Waals surface area contributed by atoms with Crippen molar-refractivity contribution >= 4 is 33.1 Å². The van der Waals surface area contributed by atoms with Crippen LogP contribution in [0.3, 0.4) is 0 Å². The molecule has 1 amide bonds. The second kappa shape index (κ2) is 6.11. The van der Waals surface area contributed by atoms with E-state index in [0.717, 1.165) is 22.8 Å². The second-order valence-corrected chi connectivity index (χ2v) is 7.71. The lowest BCUT2D eigenvalue weighted by Crippen LogP contribution is -2.41. The summed E-state index contributed by atoms with van der Waals surface area (Å²) in [4.78, 5) is 18.3. The summed E-state index contributed by atoms with van der Waals surface area (Å²) >= 11 is 3.45. The van der Waals surface area contributed by atoms with Gasteiger partial charge in [-0.15, -0.1) is 0 Å². The molecule has 1 aliphatic rings. The van der Waals surface area contributed by atoms with E-state index in [9.17, 15) is 4.79 Å². The smallest absolute Gasteiger partial charge is 0.410 e. The Balaban J connectivity index is 1.66. The van der Waals surface area contributed by atoms with Crippen LogP contribution in [0.4, 0.5) is 4.79 Å². The number of likely N-dealkylation sites (tertiary alicyclic amines) is 1. The molecule has 124 valence electrons. The number of ether oxygens (including phenoxy) is 1. The van der Waals surface area contributed by atoms with E-state index in [0.29, 0.717) is 24.7 Å². The van der Waals surface area contributed by atoms with Gasteiger partial charge in [0.05, 0.1) is 5.39 Å². The van der Waals surface area contributed by atoms with Gasteiger partial charge in [0.25, 0.3) is 0 Å². The molecule has 2 aromatic heterocycles. The van der Waals surface area contributed by atoms with Crippen molar-refractivity contribution in [3.8, 4) is 0 Å². The lowest BCUT2D eigenvalue weighted by atomic mass is 9.90. The third kappa shape index (κ3) is 3.65. The standard InChI is InChI=1S/C16H21BrN4O2/c1-16(2,3)23-15(22)21-6-4-10(5-7-21)11-8-12-13(17)19-20-14(12)18-9-11/h8-10H,4-7H2,1-3H3,(H,18,19,20). The van der Waals surface area contributed by atoms with Crippen molar-refractivity contribution in [3.63, 3.8) is 0 Å². The number of rotatable bonds is 1. The molecule has 2 aromatic rings. The molecule has 7 heteroatoms. The van der Waals surface area contributed by atoms with Crippen LogP contribution >= 0.6 is 15.9 Å². The van der Waals surface area contributed by atoms with Gasteiger partial charge in [-0.05, 0) is 67.1 Å². The number of amides is 1. The first-order chi connectivity index (χ1) is 10.8. The highest BCUT2D eigenvalue weighted by Crippen LogP contribution is 2.31. The fraction of sp³-hybridized carbons (Fsp3) is 0.562. The Labute approximate surface area is 143 Å². The molecule has 23 heavy (non-hydrogen) atoms. The normalized spacial score (nSPS) is 16.8. The lowest BCUT2D eigenvalue weighted by molar-refractivity contribution is 0.0205. The number of hydrogen-bond acceptors (Lipinski definition) is 4. The predicted molar refractivity (Wildman–Crippen MR) is 91.4 cm³/mol. The zero-order valence-corrected chi connectivity index (χ0v) is 15.2. The third-order valence-electron chi connectivity index (χ3n) is 4.00. The highest BCUT2D eigenvalue weighted by molar-refractivity contribution is 9.10. The number of nitrogens with zero attached hydrogens (tertiary/aromatic N) is 3. The Kier molecular flexibility index (Phi) is 4.31. The molecular weight excluding hydrogens is 360 g/mol. The van der Waals surface area contributed by atoms with Crippen LogP contribution in [0.15, 0.2) is 16.9 Å². The number of aromatic nitrogens is 3. The summed E-state index contributed by atoms with van der Waals surface area (Å²) in [6.07, 6.45) is 3.51. The maximum atomic E-state index is 12.1. The lowest BCUT2D eigenvalue weighted by Gasteiger charge is -2.33. The maximum Gasteiger partial charge on any atom is 0.410 e. The van der Waals surface area contributed by atoms with E-state index in [4.69, 9.17) is 4.74 Å². The Morgan fingerprint density at radius 1 is 1.39 bits per heavy atom. The van der Waals surface area contributed by atoms with Crippen molar-refractivity contribution in [2.75, 3.05) is 13.1 Å². The number of halogens is 1. The number of pyridine rings is 1. The number of H-pyrrole nitrogens is 1. The minimum Gasteiger partial charge on any atom is -0.444 e. The molecule has 6 nitrogen and oxygen atoms in total. The number of hydrogen-bond donors (Lipinski definition) is 1. The average molecular weight is 381 g/mol. The highest BCUT2D eigenvalue weighted by Gasteiger charge is 2.27. The number of piperidine rings is 1. The summed E-state index contributed by atoms with van der Waals surface area (Å²) in [5, 5.41) is 8.00. The molecule has 3 rings (SSSR count). The van der Waals surface area contributed by atoms with Crippen molar-refractivity contribution in [1.82, 2.24) is 20.1 Å². The molecule has 0 aliphatic carbocycles. The number of nitrogens with one attached hydrogen (secondary N) is 1. The van der Waals surface area contributed by atoms with Crippen molar-refractivity contribution in [1.29, 1.82) is 0 Å². The number of fused-ring (bicyclic) bond motifs is 1.